The van der Waals surface area contributed by atoms with E-state index in [-0.39, 0.29) is 35.3 Å². The van der Waals surface area contributed by atoms with E-state index in [9.17, 15) is 9.59 Å². The number of hydrogen-bond donors (Lipinski definition) is 0. The summed E-state index contributed by atoms with van der Waals surface area (Å²) in [4.78, 5) is 28.4. The number of allylic oxidation sites excluding steroid dienone is 1. The lowest BCUT2D eigenvalue weighted by molar-refractivity contribution is -0.148. The summed E-state index contributed by atoms with van der Waals surface area (Å²) in [6, 6.07) is 12.1. The number of carbonyl (C=O) groups excluding carboxylic acids is 2. The predicted molar refractivity (Wildman–Crippen MR) is 215 cm³/mol. The molecule has 4 aliphatic carbocycles. The van der Waals surface area contributed by atoms with Crippen LogP contribution in [0.25, 0.3) is 10.8 Å². The van der Waals surface area contributed by atoms with Crippen molar-refractivity contribution in [3.8, 4) is 23.0 Å². The van der Waals surface area contributed by atoms with E-state index >= 15 is 0 Å². The third-order valence-corrected chi connectivity index (χ3v) is 12.6. The van der Waals surface area contributed by atoms with Crippen LogP contribution in [0.3, 0.4) is 0 Å². The molecule has 0 N–H and O–H groups in total. The summed E-state index contributed by atoms with van der Waals surface area (Å²) in [5.41, 5.74) is 3.83. The van der Waals surface area contributed by atoms with Crippen LogP contribution in [-0.2, 0) is 20.7 Å². The maximum Gasteiger partial charge on any atom is 0.302 e. The summed E-state index contributed by atoms with van der Waals surface area (Å²) in [5, 5.41) is 2.14. The van der Waals surface area contributed by atoms with Gasteiger partial charge in [0.05, 0.1) is 32.1 Å². The Kier molecular flexibility index (Phi) is 13.6. The maximum atomic E-state index is 12.4. The van der Waals surface area contributed by atoms with Crippen LogP contribution in [0.5, 0.6) is 23.0 Å². The Hall–Kier alpha value is -3.78. The van der Waals surface area contributed by atoms with Gasteiger partial charge in [-0.2, -0.15) is 0 Å². The number of carbonyl (C=O) groups is 2. The molecule has 2 aromatic carbocycles. The Balaban J connectivity index is 0.000000207. The van der Waals surface area contributed by atoms with Crippen LogP contribution < -0.4 is 18.9 Å². The van der Waals surface area contributed by atoms with E-state index in [0.717, 1.165) is 90.0 Å². The summed E-state index contributed by atoms with van der Waals surface area (Å²) in [7, 11) is 0. The second-order valence-electron chi connectivity index (χ2n) is 15.6. The van der Waals surface area contributed by atoms with Crippen LogP contribution in [0, 0.1) is 28.6 Å². The van der Waals surface area contributed by atoms with Crippen molar-refractivity contribution in [2.24, 2.45) is 28.6 Å². The molecular weight excluding hydrogens is 702 g/mol. The van der Waals surface area contributed by atoms with Gasteiger partial charge in [0.1, 0.15) is 11.9 Å². The molecule has 0 radical (unpaired) electrons. The molecule has 3 aromatic rings. The molecule has 0 aliphatic heterocycles. The topological polar surface area (TPSA) is 93.2 Å². The van der Waals surface area contributed by atoms with E-state index < -0.39 is 0 Å². The molecule has 7 rings (SSSR count). The van der Waals surface area contributed by atoms with Crippen molar-refractivity contribution >= 4 is 34.9 Å². The average molecular weight is 762 g/mol. The van der Waals surface area contributed by atoms with Crippen molar-refractivity contribution in [2.45, 2.75) is 112 Å². The first kappa shape index (κ1) is 41.4. The standard InChI is InChI=1S/C24H29NO4.C21H30O3.ClH/c1-5-26-21-10-9-17(14-22(21)27-6-2)13-20-19-16-24(29-8-4)23(28-7-3)15-18(19)11-12-25-20;1-13(22)24-15-8-10-20(2)14(12-15)4-5-16-17-6-7-19(23)21(17,3)11-9-18(16)20;/h9-12,14-16H,5-8,13H2,1-4H3;4,15-18H,5-12H2,1-3H3;1H. The molecule has 3 saturated carbocycles. The van der Waals surface area contributed by atoms with Crippen LogP contribution in [0.15, 0.2) is 54.2 Å². The van der Waals surface area contributed by atoms with E-state index in [0.29, 0.717) is 56.4 Å². The van der Waals surface area contributed by atoms with Gasteiger partial charge in [-0.05, 0) is 131 Å². The molecule has 0 bridgehead atoms. The van der Waals surface area contributed by atoms with Crippen LogP contribution in [0.2, 0.25) is 0 Å². The zero-order chi connectivity index (χ0) is 37.8. The second kappa shape index (κ2) is 17.8. The zero-order valence-corrected chi connectivity index (χ0v) is 34.2. The zero-order valence-electron chi connectivity index (χ0n) is 33.3. The third kappa shape index (κ3) is 8.39. The van der Waals surface area contributed by atoms with E-state index in [1.54, 1.807) is 0 Å². The van der Waals surface area contributed by atoms with Gasteiger partial charge >= 0.3 is 5.97 Å². The first-order valence-electron chi connectivity index (χ1n) is 20.0. The molecule has 9 heteroatoms. The number of rotatable bonds is 11. The fourth-order valence-electron chi connectivity index (χ4n) is 10.1. The van der Waals surface area contributed by atoms with Gasteiger partial charge in [0.25, 0.3) is 0 Å². The number of esters is 1. The molecular formula is C45H60ClNO7. The van der Waals surface area contributed by atoms with Gasteiger partial charge in [-0.1, -0.05) is 31.6 Å². The summed E-state index contributed by atoms with van der Waals surface area (Å²) in [6.45, 7) is 16.4. The number of halogens is 1. The summed E-state index contributed by atoms with van der Waals surface area (Å²) < 4.78 is 28.5. The Labute approximate surface area is 328 Å². The number of benzene rings is 2. The number of ether oxygens (including phenoxy) is 5. The van der Waals surface area contributed by atoms with Crippen molar-refractivity contribution in [3.63, 3.8) is 0 Å². The second-order valence-corrected chi connectivity index (χ2v) is 15.6. The number of nitrogens with zero attached hydrogens (tertiary/aromatic N) is 1. The molecule has 6 unspecified atom stereocenters. The van der Waals surface area contributed by atoms with Crippen molar-refractivity contribution in [1.82, 2.24) is 4.98 Å². The van der Waals surface area contributed by atoms with Crippen LogP contribution >= 0.6 is 12.4 Å². The number of pyridine rings is 1. The third-order valence-electron chi connectivity index (χ3n) is 12.6. The van der Waals surface area contributed by atoms with E-state index in [2.05, 4.69) is 31.0 Å². The lowest BCUT2D eigenvalue weighted by Crippen LogP contribution is -2.50. The lowest BCUT2D eigenvalue weighted by Gasteiger charge is -2.56. The van der Waals surface area contributed by atoms with Crippen molar-refractivity contribution in [1.29, 1.82) is 0 Å². The number of Topliss-reactive ketones (excluding diaryl/α,β-unsaturated/α-hetero) is 1. The number of hydrogen-bond acceptors (Lipinski definition) is 8. The van der Waals surface area contributed by atoms with E-state index in [4.69, 9.17) is 23.7 Å². The fourth-order valence-corrected chi connectivity index (χ4v) is 10.1. The van der Waals surface area contributed by atoms with Crippen molar-refractivity contribution < 1.29 is 33.3 Å². The minimum atomic E-state index is -0.157. The lowest BCUT2D eigenvalue weighted by atomic mass is 9.48. The normalized spacial score (nSPS) is 26.8. The SMILES string of the molecule is CC(=O)OC1CCC2(C)C(=CCC3C4CCC(=O)C4(C)CCC32)C1.CCOc1ccc(Cc2nccc3cc(OCC)c(OCC)cc23)cc1OCC.Cl. The molecule has 8 nitrogen and oxygen atoms in total. The monoisotopic (exact) mass is 761 g/mol. The molecule has 4 aliphatic rings. The van der Waals surface area contributed by atoms with Crippen LogP contribution in [0.1, 0.15) is 111 Å². The van der Waals surface area contributed by atoms with Crippen molar-refractivity contribution in [2.75, 3.05) is 26.4 Å². The Morgan fingerprint density at radius 1 is 0.796 bits per heavy atom. The Morgan fingerprint density at radius 3 is 2.11 bits per heavy atom. The highest BCUT2D eigenvalue weighted by Crippen LogP contribution is 2.64. The van der Waals surface area contributed by atoms with Gasteiger partial charge in [-0.15, -0.1) is 12.4 Å². The van der Waals surface area contributed by atoms with Crippen molar-refractivity contribution in [3.05, 3.63) is 65.5 Å². The van der Waals surface area contributed by atoms with Gasteiger partial charge in [0, 0.05) is 43.2 Å². The first-order chi connectivity index (χ1) is 25.5. The number of ketones is 1. The number of fused-ring (bicyclic) bond motifs is 6. The van der Waals surface area contributed by atoms with Gasteiger partial charge in [-0.3, -0.25) is 14.6 Å². The van der Waals surface area contributed by atoms with Crippen LogP contribution in [0.4, 0.5) is 0 Å². The van der Waals surface area contributed by atoms with E-state index in [1.807, 2.05) is 64.2 Å². The molecule has 0 spiro atoms. The highest BCUT2D eigenvalue weighted by Gasteiger charge is 2.58. The van der Waals surface area contributed by atoms with Gasteiger partial charge < -0.3 is 23.7 Å². The molecule has 294 valence electrons. The molecule has 0 amide bonds. The summed E-state index contributed by atoms with van der Waals surface area (Å²) in [6.07, 6.45) is 13.4. The van der Waals surface area contributed by atoms with Gasteiger partial charge in [0.15, 0.2) is 23.0 Å². The summed E-state index contributed by atoms with van der Waals surface area (Å²) in [5.74, 6) is 5.37. The minimum Gasteiger partial charge on any atom is -0.490 e. The van der Waals surface area contributed by atoms with Crippen LogP contribution in [-0.4, -0.2) is 49.3 Å². The van der Waals surface area contributed by atoms with E-state index in [1.165, 1.54) is 18.9 Å². The quantitative estimate of drug-likeness (QED) is 0.141. The largest absolute Gasteiger partial charge is 0.490 e. The molecule has 0 saturated heterocycles. The smallest absolute Gasteiger partial charge is 0.302 e. The predicted octanol–water partition coefficient (Wildman–Crippen LogP) is 10.3. The molecule has 1 heterocycles. The molecule has 3 fully saturated rings. The fraction of sp³-hybridized carbons (Fsp3) is 0.578. The molecule has 54 heavy (non-hydrogen) atoms. The Bertz CT molecular complexity index is 1820. The highest BCUT2D eigenvalue weighted by atomic mass is 35.5. The maximum absolute atomic E-state index is 12.4. The van der Waals surface area contributed by atoms with Gasteiger partial charge in [-0.25, -0.2) is 0 Å². The number of aromatic nitrogens is 1. The minimum absolute atomic E-state index is 0. The average Bonchev–Trinajstić information content (AvgIpc) is 3.44. The molecule has 1 aromatic heterocycles. The molecule has 6 atom stereocenters. The Morgan fingerprint density at radius 2 is 1.43 bits per heavy atom. The first-order valence-corrected chi connectivity index (χ1v) is 20.0. The summed E-state index contributed by atoms with van der Waals surface area (Å²) >= 11 is 0. The highest BCUT2D eigenvalue weighted by molar-refractivity contribution is 5.88. The van der Waals surface area contributed by atoms with Gasteiger partial charge in [0.2, 0.25) is 0 Å².